The number of nitrogens with one attached hydrogen (secondary N) is 1. The van der Waals surface area contributed by atoms with E-state index < -0.39 is 6.04 Å². The molecule has 158 valence electrons. The van der Waals surface area contributed by atoms with Crippen molar-refractivity contribution in [1.29, 1.82) is 0 Å². The molecule has 0 fully saturated rings. The molecule has 0 saturated heterocycles. The van der Waals surface area contributed by atoms with Gasteiger partial charge in [-0.05, 0) is 49.2 Å². The third-order valence-electron chi connectivity index (χ3n) is 5.11. The number of phenols is 1. The van der Waals surface area contributed by atoms with Gasteiger partial charge in [-0.3, -0.25) is 4.40 Å². The van der Waals surface area contributed by atoms with Crippen LogP contribution in [0.1, 0.15) is 18.1 Å². The molecule has 1 unspecified atom stereocenters. The largest absolute Gasteiger partial charge is 0.507 e. The summed E-state index contributed by atoms with van der Waals surface area (Å²) >= 11 is 0. The number of aryl methyl sites for hydroxylation is 1. The van der Waals surface area contributed by atoms with Crippen molar-refractivity contribution in [3.05, 3.63) is 84.1 Å². The van der Waals surface area contributed by atoms with Gasteiger partial charge in [0.15, 0.2) is 0 Å². The van der Waals surface area contributed by atoms with Crippen molar-refractivity contribution in [3.8, 4) is 17.0 Å². The molecular formula is C25H25N3O3. The first-order valence-electron chi connectivity index (χ1n) is 10.3. The molecule has 4 rings (SSSR count). The minimum atomic E-state index is -0.617. The van der Waals surface area contributed by atoms with Crippen molar-refractivity contribution >= 4 is 17.4 Å². The van der Waals surface area contributed by atoms with Gasteiger partial charge < -0.3 is 15.2 Å². The van der Waals surface area contributed by atoms with Crippen molar-refractivity contribution < 1.29 is 14.6 Å². The Kier molecular flexibility index (Phi) is 5.89. The van der Waals surface area contributed by atoms with E-state index in [1.165, 1.54) is 0 Å². The van der Waals surface area contributed by atoms with Crippen molar-refractivity contribution in [2.75, 3.05) is 11.9 Å². The number of benzene rings is 2. The van der Waals surface area contributed by atoms with Gasteiger partial charge in [-0.2, -0.15) is 0 Å². The Hall–Kier alpha value is -3.80. The van der Waals surface area contributed by atoms with Crippen LogP contribution in [0.4, 0.5) is 5.82 Å². The monoisotopic (exact) mass is 415 g/mol. The minimum Gasteiger partial charge on any atom is -0.507 e. The number of imidazole rings is 1. The van der Waals surface area contributed by atoms with Crippen LogP contribution in [0.2, 0.25) is 0 Å². The molecule has 2 N–H and O–H groups in total. The fraction of sp³-hybridized carbons (Fsp3) is 0.200. The van der Waals surface area contributed by atoms with Crippen LogP contribution < -0.4 is 5.32 Å². The number of hydrogen-bond acceptors (Lipinski definition) is 5. The lowest BCUT2D eigenvalue weighted by atomic mass is 10.1. The number of fused-ring (bicyclic) bond motifs is 1. The molecule has 1 atom stereocenters. The molecule has 6 heteroatoms. The molecule has 31 heavy (non-hydrogen) atoms. The summed E-state index contributed by atoms with van der Waals surface area (Å²) in [5.74, 6) is 0.420. The van der Waals surface area contributed by atoms with E-state index >= 15 is 0 Å². The van der Waals surface area contributed by atoms with Crippen LogP contribution in [0.3, 0.4) is 0 Å². The highest BCUT2D eigenvalue weighted by Gasteiger charge is 2.25. The van der Waals surface area contributed by atoms with Crippen LogP contribution >= 0.6 is 0 Å². The zero-order chi connectivity index (χ0) is 21.8. The van der Waals surface area contributed by atoms with Crippen LogP contribution in [0.5, 0.6) is 5.75 Å². The lowest BCUT2D eigenvalue weighted by Crippen LogP contribution is -2.34. The third kappa shape index (κ3) is 4.38. The quantitative estimate of drug-likeness (QED) is 0.432. The zero-order valence-electron chi connectivity index (χ0n) is 17.6. The van der Waals surface area contributed by atoms with E-state index in [-0.39, 0.29) is 11.7 Å². The normalized spacial score (nSPS) is 11.9. The van der Waals surface area contributed by atoms with Gasteiger partial charge in [0.05, 0.1) is 6.61 Å². The first-order valence-corrected chi connectivity index (χ1v) is 10.3. The number of rotatable bonds is 7. The second-order valence-corrected chi connectivity index (χ2v) is 7.40. The summed E-state index contributed by atoms with van der Waals surface area (Å²) in [7, 11) is 0. The summed E-state index contributed by atoms with van der Waals surface area (Å²) in [4.78, 5) is 17.6. The number of nitrogens with zero attached hydrogens (tertiary/aromatic N) is 2. The van der Waals surface area contributed by atoms with E-state index in [0.717, 1.165) is 16.8 Å². The molecule has 2 aromatic heterocycles. The van der Waals surface area contributed by atoms with E-state index in [4.69, 9.17) is 9.72 Å². The number of aromatic nitrogens is 2. The molecular weight excluding hydrogens is 390 g/mol. The van der Waals surface area contributed by atoms with Crippen LogP contribution in [0.15, 0.2) is 72.9 Å². The highest BCUT2D eigenvalue weighted by Crippen LogP contribution is 2.35. The van der Waals surface area contributed by atoms with Crippen molar-refractivity contribution in [2.24, 2.45) is 0 Å². The first-order chi connectivity index (χ1) is 15.1. The van der Waals surface area contributed by atoms with Crippen LogP contribution in [-0.4, -0.2) is 33.1 Å². The van der Waals surface area contributed by atoms with Gasteiger partial charge in [-0.15, -0.1) is 0 Å². The van der Waals surface area contributed by atoms with Gasteiger partial charge >= 0.3 is 5.97 Å². The summed E-state index contributed by atoms with van der Waals surface area (Å²) in [6.45, 7) is 4.09. The minimum absolute atomic E-state index is 0.126. The second-order valence-electron chi connectivity index (χ2n) is 7.40. The highest BCUT2D eigenvalue weighted by molar-refractivity contribution is 5.85. The molecule has 0 aliphatic carbocycles. The molecule has 4 aromatic rings. The average molecular weight is 415 g/mol. The fourth-order valence-electron chi connectivity index (χ4n) is 3.60. The molecule has 2 aromatic carbocycles. The fourth-order valence-corrected chi connectivity index (χ4v) is 3.60. The topological polar surface area (TPSA) is 75.9 Å². The Morgan fingerprint density at radius 1 is 1.13 bits per heavy atom. The summed E-state index contributed by atoms with van der Waals surface area (Å²) in [6, 6.07) is 20.2. The lowest BCUT2D eigenvalue weighted by molar-refractivity contribution is -0.144. The molecule has 0 bridgehead atoms. The van der Waals surface area contributed by atoms with E-state index in [1.807, 2.05) is 72.1 Å². The molecule has 0 amide bonds. The Morgan fingerprint density at radius 3 is 2.61 bits per heavy atom. The molecule has 6 nitrogen and oxygen atoms in total. The van der Waals surface area contributed by atoms with Crippen molar-refractivity contribution in [2.45, 2.75) is 26.3 Å². The Bertz CT molecular complexity index is 1200. The predicted octanol–water partition coefficient (Wildman–Crippen LogP) is 4.60. The number of carbonyl (C=O) groups is 1. The van der Waals surface area contributed by atoms with Crippen LogP contribution in [-0.2, 0) is 16.0 Å². The Morgan fingerprint density at radius 2 is 1.87 bits per heavy atom. The molecule has 0 aliphatic heterocycles. The average Bonchev–Trinajstić information content (AvgIpc) is 3.11. The van der Waals surface area contributed by atoms with Crippen molar-refractivity contribution in [1.82, 2.24) is 9.38 Å². The van der Waals surface area contributed by atoms with Gasteiger partial charge in [-0.25, -0.2) is 9.78 Å². The number of ether oxygens (including phenoxy) is 1. The molecule has 0 radical (unpaired) electrons. The van der Waals surface area contributed by atoms with E-state index in [2.05, 4.69) is 5.32 Å². The number of hydrogen-bond donors (Lipinski definition) is 2. The van der Waals surface area contributed by atoms with Gasteiger partial charge in [0.25, 0.3) is 0 Å². The van der Waals surface area contributed by atoms with Gasteiger partial charge in [0, 0.05) is 18.2 Å². The number of carbonyl (C=O) groups excluding carboxylic acids is 1. The van der Waals surface area contributed by atoms with E-state index in [0.29, 0.717) is 30.1 Å². The zero-order valence-corrected chi connectivity index (χ0v) is 17.6. The predicted molar refractivity (Wildman–Crippen MR) is 121 cm³/mol. The summed E-state index contributed by atoms with van der Waals surface area (Å²) in [6.07, 6.45) is 2.37. The Labute approximate surface area is 181 Å². The van der Waals surface area contributed by atoms with Crippen LogP contribution in [0, 0.1) is 6.92 Å². The number of pyridine rings is 1. The first kappa shape index (κ1) is 20.5. The second kappa shape index (κ2) is 8.92. The third-order valence-corrected chi connectivity index (χ3v) is 5.11. The van der Waals surface area contributed by atoms with Crippen molar-refractivity contribution in [3.63, 3.8) is 0 Å². The highest BCUT2D eigenvalue weighted by atomic mass is 16.5. The number of esters is 1. The number of anilines is 1. The van der Waals surface area contributed by atoms with E-state index in [1.54, 1.807) is 19.1 Å². The van der Waals surface area contributed by atoms with Gasteiger partial charge in [0.1, 0.15) is 29.0 Å². The number of aromatic hydroxyl groups is 1. The maximum Gasteiger partial charge on any atom is 0.328 e. The maximum absolute atomic E-state index is 12.8. The lowest BCUT2D eigenvalue weighted by Gasteiger charge is -2.19. The SMILES string of the molecule is CCOC(=O)C(Cc1ccccc1)Nc1c(-c2ccccc2O)nc2cc(C)ccn12. The number of para-hydroxylation sites is 1. The molecule has 0 aliphatic rings. The smallest absolute Gasteiger partial charge is 0.328 e. The van der Waals surface area contributed by atoms with Crippen LogP contribution in [0.25, 0.3) is 16.9 Å². The standard InChI is InChI=1S/C25H25N3O3/c1-3-31-25(30)20(16-18-9-5-4-6-10-18)26-24-23(19-11-7-8-12-21(19)29)27-22-15-17(2)13-14-28(22)24/h4-15,20,26,29H,3,16H2,1-2H3. The Balaban J connectivity index is 1.81. The molecule has 0 saturated carbocycles. The molecule has 0 spiro atoms. The van der Waals surface area contributed by atoms with E-state index in [9.17, 15) is 9.90 Å². The van der Waals surface area contributed by atoms with Gasteiger partial charge in [-0.1, -0.05) is 42.5 Å². The molecule has 2 heterocycles. The maximum atomic E-state index is 12.8. The van der Waals surface area contributed by atoms with Gasteiger partial charge in [0.2, 0.25) is 0 Å². The summed E-state index contributed by atoms with van der Waals surface area (Å²) in [5.41, 5.74) is 3.98. The number of phenolic OH excluding ortho intramolecular Hbond substituents is 1. The summed E-state index contributed by atoms with van der Waals surface area (Å²) in [5, 5.41) is 13.8. The summed E-state index contributed by atoms with van der Waals surface area (Å²) < 4.78 is 7.24.